The molecular weight excluding hydrogens is 727 g/mol. The molecule has 0 fully saturated rings. The van der Waals surface area contributed by atoms with Gasteiger partial charge in [0.15, 0.2) is 17.5 Å². The van der Waals surface area contributed by atoms with Gasteiger partial charge in [-0.2, -0.15) is 0 Å². The molecule has 0 aliphatic heterocycles. The highest BCUT2D eigenvalue weighted by molar-refractivity contribution is 7.26. The highest BCUT2D eigenvalue weighted by Gasteiger charge is 2.22. The molecule has 3 aromatic heterocycles. The van der Waals surface area contributed by atoms with Crippen molar-refractivity contribution >= 4 is 75.0 Å². The molecule has 4 nitrogen and oxygen atoms in total. The summed E-state index contributed by atoms with van der Waals surface area (Å²) in [5.74, 6) is 1.82. The van der Waals surface area contributed by atoms with Crippen molar-refractivity contribution < 1.29 is 4.42 Å². The Morgan fingerprint density at radius 3 is 1.76 bits per heavy atom. The van der Waals surface area contributed by atoms with Crippen LogP contribution in [0.4, 0.5) is 0 Å². The highest BCUT2D eigenvalue weighted by Crippen LogP contribution is 2.46. The maximum Gasteiger partial charge on any atom is 0.164 e. The van der Waals surface area contributed by atoms with Crippen molar-refractivity contribution in [3.63, 3.8) is 0 Å². The van der Waals surface area contributed by atoms with E-state index in [1.807, 2.05) is 29.5 Å². The van der Waals surface area contributed by atoms with Crippen LogP contribution in [0.2, 0.25) is 0 Å². The van der Waals surface area contributed by atoms with Gasteiger partial charge in [-0.15, -0.1) is 11.3 Å². The number of hydrogen-bond acceptors (Lipinski definition) is 5. The molecule has 5 heteroatoms. The van der Waals surface area contributed by atoms with Gasteiger partial charge in [0.05, 0.1) is 0 Å². The average Bonchev–Trinajstić information content (AvgIpc) is 3.88. The predicted octanol–water partition coefficient (Wildman–Crippen LogP) is 14.8. The molecule has 270 valence electrons. The standard InChI is InChI=1S/C53H31N3OS/c1-2-11-32(12-3-1)35-22-23-37-31-39(26-24-36(37)29-35)52-54-51(38-25-21-33-13-4-5-14-34(33)30-38)55-53(56-52)45-28-27-41(49-48(45)44-16-6-8-19-46(44)57-49)43-18-10-17-42-40-15-7-9-20-47(40)58-50(42)43/h1-31H. The second-order valence-electron chi connectivity index (χ2n) is 14.8. The van der Waals surface area contributed by atoms with Crippen molar-refractivity contribution in [3.8, 4) is 56.4 Å². The number of benzene rings is 9. The lowest BCUT2D eigenvalue weighted by atomic mass is 9.97. The Bertz CT molecular complexity index is 3590. The molecule has 0 bridgehead atoms. The number of nitrogens with zero attached hydrogens (tertiary/aromatic N) is 3. The Balaban J connectivity index is 1.08. The number of aromatic nitrogens is 3. The summed E-state index contributed by atoms with van der Waals surface area (Å²) in [5.41, 5.74) is 8.96. The second kappa shape index (κ2) is 13.1. The lowest BCUT2D eigenvalue weighted by molar-refractivity contribution is 0.670. The fourth-order valence-corrected chi connectivity index (χ4v) is 9.69. The van der Waals surface area contributed by atoms with Crippen LogP contribution in [-0.4, -0.2) is 15.0 Å². The molecule has 0 unspecified atom stereocenters. The van der Waals surface area contributed by atoms with Crippen molar-refractivity contribution in [3.05, 3.63) is 188 Å². The van der Waals surface area contributed by atoms with E-state index >= 15 is 0 Å². The van der Waals surface area contributed by atoms with Crippen LogP contribution in [0.5, 0.6) is 0 Å². The Labute approximate surface area is 337 Å². The van der Waals surface area contributed by atoms with Gasteiger partial charge in [0.25, 0.3) is 0 Å². The van der Waals surface area contributed by atoms with E-state index in [2.05, 4.69) is 170 Å². The van der Waals surface area contributed by atoms with Gasteiger partial charge in [0.1, 0.15) is 11.2 Å². The van der Waals surface area contributed by atoms with E-state index in [-0.39, 0.29) is 0 Å². The number of thiophene rings is 1. The first kappa shape index (κ1) is 32.7. The smallest absolute Gasteiger partial charge is 0.164 e. The van der Waals surface area contributed by atoms with Crippen molar-refractivity contribution in [1.29, 1.82) is 0 Å². The van der Waals surface area contributed by atoms with Gasteiger partial charge >= 0.3 is 0 Å². The Morgan fingerprint density at radius 1 is 0.362 bits per heavy atom. The third-order valence-corrected chi connectivity index (χ3v) is 12.5. The van der Waals surface area contributed by atoms with Crippen molar-refractivity contribution in [2.75, 3.05) is 0 Å². The Morgan fingerprint density at radius 2 is 0.948 bits per heavy atom. The largest absolute Gasteiger partial charge is 0.455 e. The Hall–Kier alpha value is -7.47. The molecule has 9 aromatic carbocycles. The summed E-state index contributed by atoms with van der Waals surface area (Å²) in [4.78, 5) is 15.7. The van der Waals surface area contributed by atoms with Crippen LogP contribution in [0.25, 0.3) is 120 Å². The summed E-state index contributed by atoms with van der Waals surface area (Å²) >= 11 is 1.82. The molecule has 0 spiro atoms. The third-order valence-electron chi connectivity index (χ3n) is 11.3. The van der Waals surface area contributed by atoms with E-state index in [0.717, 1.165) is 65.9 Å². The van der Waals surface area contributed by atoms with Crippen LogP contribution in [0, 0.1) is 0 Å². The molecule has 0 N–H and O–H groups in total. The van der Waals surface area contributed by atoms with E-state index < -0.39 is 0 Å². The first-order chi connectivity index (χ1) is 28.7. The number of hydrogen-bond donors (Lipinski definition) is 0. The summed E-state index contributed by atoms with van der Waals surface area (Å²) in [5, 5.41) is 9.10. The van der Waals surface area contributed by atoms with Gasteiger partial charge in [-0.25, -0.2) is 15.0 Å². The SMILES string of the molecule is c1ccc(-c2ccc3cc(-c4nc(-c5ccc6ccccc6c5)nc(-c5ccc(-c6cccc7c6sc6ccccc67)c6oc7ccccc7c56)n4)ccc3c2)cc1. The van der Waals surface area contributed by atoms with E-state index in [0.29, 0.717) is 17.5 Å². The minimum Gasteiger partial charge on any atom is -0.455 e. The molecule has 3 heterocycles. The molecule has 0 saturated heterocycles. The number of furan rings is 1. The third kappa shape index (κ3) is 5.32. The quantitative estimate of drug-likeness (QED) is 0.175. The molecular formula is C53H31N3OS. The van der Waals surface area contributed by atoms with E-state index in [1.165, 1.54) is 36.7 Å². The topological polar surface area (TPSA) is 51.8 Å². The number of fused-ring (bicyclic) bond motifs is 8. The molecule has 0 aliphatic carbocycles. The molecule has 0 amide bonds. The van der Waals surface area contributed by atoms with E-state index in [1.54, 1.807) is 0 Å². The van der Waals surface area contributed by atoms with Gasteiger partial charge in [-0.05, 0) is 75.1 Å². The zero-order valence-electron chi connectivity index (χ0n) is 31.1. The summed E-state index contributed by atoms with van der Waals surface area (Å²) in [6.07, 6.45) is 0. The molecule has 0 aliphatic rings. The average molecular weight is 758 g/mol. The first-order valence-corrected chi connectivity index (χ1v) is 20.2. The first-order valence-electron chi connectivity index (χ1n) is 19.4. The fraction of sp³-hybridized carbons (Fsp3) is 0. The summed E-state index contributed by atoms with van der Waals surface area (Å²) in [6.45, 7) is 0. The molecule has 0 saturated carbocycles. The molecule has 0 radical (unpaired) electrons. The Kier molecular flexibility index (Phi) is 7.37. The van der Waals surface area contributed by atoms with E-state index in [9.17, 15) is 0 Å². The van der Waals surface area contributed by atoms with Crippen LogP contribution in [0.3, 0.4) is 0 Å². The van der Waals surface area contributed by atoms with Crippen LogP contribution in [0.15, 0.2) is 192 Å². The van der Waals surface area contributed by atoms with Crippen LogP contribution in [0.1, 0.15) is 0 Å². The summed E-state index contributed by atoms with van der Waals surface area (Å²) < 4.78 is 9.34. The number of para-hydroxylation sites is 1. The normalized spacial score (nSPS) is 11.8. The van der Waals surface area contributed by atoms with Gasteiger partial charge in [-0.1, -0.05) is 146 Å². The number of rotatable bonds is 5. The van der Waals surface area contributed by atoms with Crippen LogP contribution in [-0.2, 0) is 0 Å². The van der Waals surface area contributed by atoms with E-state index in [4.69, 9.17) is 19.4 Å². The predicted molar refractivity (Wildman–Crippen MR) is 242 cm³/mol. The molecule has 0 atom stereocenters. The van der Waals surface area contributed by atoms with Gasteiger partial charge in [0, 0.05) is 58.8 Å². The van der Waals surface area contributed by atoms with Crippen molar-refractivity contribution in [2.45, 2.75) is 0 Å². The van der Waals surface area contributed by atoms with Crippen molar-refractivity contribution in [1.82, 2.24) is 15.0 Å². The summed E-state index contributed by atoms with van der Waals surface area (Å²) in [7, 11) is 0. The maximum atomic E-state index is 6.82. The van der Waals surface area contributed by atoms with Crippen LogP contribution < -0.4 is 0 Å². The lowest BCUT2D eigenvalue weighted by Crippen LogP contribution is -2.01. The lowest BCUT2D eigenvalue weighted by Gasteiger charge is -2.12. The monoisotopic (exact) mass is 757 g/mol. The zero-order valence-corrected chi connectivity index (χ0v) is 31.9. The molecule has 12 rings (SSSR count). The minimum atomic E-state index is 0.593. The van der Waals surface area contributed by atoms with Gasteiger partial charge < -0.3 is 4.42 Å². The minimum absolute atomic E-state index is 0.593. The zero-order chi connectivity index (χ0) is 38.2. The van der Waals surface area contributed by atoms with Gasteiger partial charge in [-0.3, -0.25) is 0 Å². The van der Waals surface area contributed by atoms with Gasteiger partial charge in [0.2, 0.25) is 0 Å². The summed E-state index contributed by atoms with van der Waals surface area (Å²) in [6, 6.07) is 66.2. The van der Waals surface area contributed by atoms with Crippen molar-refractivity contribution in [2.24, 2.45) is 0 Å². The second-order valence-corrected chi connectivity index (χ2v) is 15.8. The fourth-order valence-electron chi connectivity index (χ4n) is 8.46. The molecule has 58 heavy (non-hydrogen) atoms. The van der Waals surface area contributed by atoms with Crippen LogP contribution >= 0.6 is 11.3 Å². The maximum absolute atomic E-state index is 6.82. The highest BCUT2D eigenvalue weighted by atomic mass is 32.1. The molecule has 12 aromatic rings.